The topological polar surface area (TPSA) is 147 Å². The van der Waals surface area contributed by atoms with Gasteiger partial charge in [0.25, 0.3) is 0 Å². The number of furan rings is 1. The van der Waals surface area contributed by atoms with Crippen LogP contribution in [0.15, 0.2) is 91.6 Å². The van der Waals surface area contributed by atoms with E-state index in [1.54, 1.807) is 42.5 Å². The molecule has 44 heavy (non-hydrogen) atoms. The van der Waals surface area contributed by atoms with E-state index >= 15 is 0 Å². The van der Waals surface area contributed by atoms with Crippen LogP contribution in [0.4, 0.5) is 0 Å². The maximum atomic E-state index is 12.3. The number of halogens is 1. The molecule has 2 atom stereocenters. The van der Waals surface area contributed by atoms with E-state index in [1.807, 2.05) is 19.1 Å². The molecule has 0 radical (unpaired) electrons. The van der Waals surface area contributed by atoms with Crippen LogP contribution in [-0.4, -0.2) is 38.9 Å². The molecule has 2 heterocycles. The molecule has 0 unspecified atom stereocenters. The minimum Gasteiger partial charge on any atom is -0.507 e. The number of allylic oxidation sites excluding steroid dienone is 2. The first-order valence-corrected chi connectivity index (χ1v) is 15.1. The molecule has 0 spiro atoms. The van der Waals surface area contributed by atoms with Gasteiger partial charge < -0.3 is 28.9 Å². The molecule has 11 heteroatoms. The number of rotatable bonds is 14. The SMILES string of the molecule is CCCc1c(OCC/C=C\C=C\[C@H](Sc2ccc3c(=O)cc(C(=O)O)oc3c2)[C@H](O)c2coc(Cl)c2)ccc(C(C)=O)c1O. The number of carboxylic acid groups (broad SMARTS) is 1. The lowest BCUT2D eigenvalue weighted by molar-refractivity contribution is 0.0662. The number of ketones is 1. The monoisotopic (exact) mass is 638 g/mol. The van der Waals surface area contributed by atoms with E-state index in [4.69, 9.17) is 25.2 Å². The van der Waals surface area contributed by atoms with Crippen LogP contribution in [0, 0.1) is 0 Å². The van der Waals surface area contributed by atoms with Crippen LogP contribution in [0.25, 0.3) is 11.0 Å². The van der Waals surface area contributed by atoms with Gasteiger partial charge in [0.2, 0.25) is 5.76 Å². The van der Waals surface area contributed by atoms with Crippen LogP contribution in [0.5, 0.6) is 11.5 Å². The van der Waals surface area contributed by atoms with Crippen molar-refractivity contribution in [2.75, 3.05) is 6.61 Å². The standard InChI is InChI=1S/C33H31ClO9S/c1-3-8-24-26(13-12-22(19(2)35)32(24)38)41-14-7-5-4-6-9-29(31(37)20-15-30(34)42-18-20)44-21-10-11-23-25(36)17-28(33(39)40)43-27(23)16-21/h4-6,9-13,15-18,29,31,37-38H,3,7-8,14H2,1-2H3,(H,39,40)/b5-4-,9-6+/t29-,31+/m0/s1. The zero-order valence-corrected chi connectivity index (χ0v) is 25.6. The fourth-order valence-corrected chi connectivity index (χ4v) is 5.72. The highest BCUT2D eigenvalue weighted by atomic mass is 35.5. The van der Waals surface area contributed by atoms with Gasteiger partial charge in [-0.1, -0.05) is 37.6 Å². The average molecular weight is 639 g/mol. The van der Waals surface area contributed by atoms with Crippen LogP contribution in [0.1, 0.15) is 64.8 Å². The molecule has 0 saturated carbocycles. The number of phenolic OH excluding ortho intramolecular Hbond substituents is 1. The number of thioether (sulfide) groups is 1. The number of phenols is 1. The Morgan fingerprint density at radius 2 is 1.93 bits per heavy atom. The summed E-state index contributed by atoms with van der Waals surface area (Å²) in [5.41, 5.74) is 1.01. The zero-order valence-electron chi connectivity index (χ0n) is 24.0. The number of ether oxygens (including phenoxy) is 1. The molecule has 0 amide bonds. The Kier molecular flexibility index (Phi) is 11.1. The normalized spacial score (nSPS) is 13.1. The summed E-state index contributed by atoms with van der Waals surface area (Å²) in [7, 11) is 0. The first-order valence-electron chi connectivity index (χ1n) is 13.8. The number of carboxylic acids is 1. The van der Waals surface area contributed by atoms with Gasteiger partial charge in [0.15, 0.2) is 16.4 Å². The van der Waals surface area contributed by atoms with E-state index in [0.29, 0.717) is 41.2 Å². The zero-order chi connectivity index (χ0) is 31.8. The molecule has 0 saturated heterocycles. The first kappa shape index (κ1) is 32.7. The minimum absolute atomic E-state index is 0.0350. The predicted molar refractivity (Wildman–Crippen MR) is 168 cm³/mol. The third-order valence-corrected chi connectivity index (χ3v) is 8.04. The number of aliphatic hydroxyl groups excluding tert-OH is 1. The maximum Gasteiger partial charge on any atom is 0.371 e. The number of hydrogen-bond acceptors (Lipinski definition) is 9. The fraction of sp³-hybridized carbons (Fsp3) is 0.242. The second-order valence-corrected chi connectivity index (χ2v) is 11.5. The summed E-state index contributed by atoms with van der Waals surface area (Å²) in [5.74, 6) is -1.52. The summed E-state index contributed by atoms with van der Waals surface area (Å²) in [6, 6.07) is 10.5. The van der Waals surface area contributed by atoms with Gasteiger partial charge in [-0.05, 0) is 61.7 Å². The van der Waals surface area contributed by atoms with Crippen molar-refractivity contribution < 1.29 is 38.5 Å². The largest absolute Gasteiger partial charge is 0.507 e. The number of aliphatic hydroxyl groups is 1. The molecule has 3 N–H and O–H groups in total. The Labute approximate surface area is 262 Å². The Morgan fingerprint density at radius 1 is 1.14 bits per heavy atom. The Morgan fingerprint density at radius 3 is 2.61 bits per heavy atom. The second-order valence-electron chi connectivity index (χ2n) is 9.84. The number of aromatic hydroxyl groups is 1. The van der Waals surface area contributed by atoms with Gasteiger partial charge in [0.05, 0.1) is 35.2 Å². The third kappa shape index (κ3) is 8.02. The van der Waals surface area contributed by atoms with E-state index in [1.165, 1.54) is 31.0 Å². The van der Waals surface area contributed by atoms with Gasteiger partial charge >= 0.3 is 5.97 Å². The van der Waals surface area contributed by atoms with Crippen molar-refractivity contribution in [1.82, 2.24) is 0 Å². The Bertz CT molecular complexity index is 1770. The van der Waals surface area contributed by atoms with Crippen molar-refractivity contribution in [1.29, 1.82) is 0 Å². The summed E-state index contributed by atoms with van der Waals surface area (Å²) in [6.45, 7) is 3.73. The van der Waals surface area contributed by atoms with Crippen molar-refractivity contribution in [2.45, 2.75) is 49.4 Å². The van der Waals surface area contributed by atoms with E-state index in [9.17, 15) is 29.7 Å². The van der Waals surface area contributed by atoms with Crippen LogP contribution in [0.3, 0.4) is 0 Å². The van der Waals surface area contributed by atoms with Gasteiger partial charge in [0, 0.05) is 28.2 Å². The molecule has 0 aliphatic rings. The molecule has 0 bridgehead atoms. The number of carbonyl (C=O) groups excluding carboxylic acids is 1. The molecule has 4 aromatic rings. The maximum absolute atomic E-state index is 12.3. The number of fused-ring (bicyclic) bond motifs is 1. The van der Waals surface area contributed by atoms with Crippen LogP contribution >= 0.6 is 23.4 Å². The lowest BCUT2D eigenvalue weighted by Crippen LogP contribution is -2.12. The van der Waals surface area contributed by atoms with E-state index in [2.05, 4.69) is 0 Å². The highest BCUT2D eigenvalue weighted by Gasteiger charge is 2.22. The lowest BCUT2D eigenvalue weighted by Gasteiger charge is -2.18. The molecule has 0 fully saturated rings. The third-order valence-electron chi connectivity index (χ3n) is 6.63. The number of aromatic carboxylic acids is 1. The van der Waals surface area contributed by atoms with E-state index in [-0.39, 0.29) is 33.3 Å². The lowest BCUT2D eigenvalue weighted by atomic mass is 10.0. The van der Waals surface area contributed by atoms with Gasteiger partial charge in [-0.3, -0.25) is 9.59 Å². The number of carbonyl (C=O) groups is 2. The van der Waals surface area contributed by atoms with Gasteiger partial charge in [-0.2, -0.15) is 0 Å². The minimum atomic E-state index is -1.35. The average Bonchev–Trinajstić information content (AvgIpc) is 3.42. The van der Waals surface area contributed by atoms with Crippen molar-refractivity contribution in [3.05, 3.63) is 111 Å². The summed E-state index contributed by atoms with van der Waals surface area (Å²) < 4.78 is 16.5. The van der Waals surface area contributed by atoms with Gasteiger partial charge in [-0.15, -0.1) is 11.8 Å². The fourth-order valence-electron chi connectivity index (χ4n) is 4.46. The molecule has 9 nitrogen and oxygen atoms in total. The first-order chi connectivity index (χ1) is 21.1. The van der Waals surface area contributed by atoms with Crippen molar-refractivity contribution in [2.24, 2.45) is 0 Å². The van der Waals surface area contributed by atoms with Crippen molar-refractivity contribution in [3.63, 3.8) is 0 Å². The van der Waals surface area contributed by atoms with Crippen molar-refractivity contribution in [3.8, 4) is 11.5 Å². The van der Waals surface area contributed by atoms with Gasteiger partial charge in [0.1, 0.15) is 17.1 Å². The number of hydrogen-bond donors (Lipinski definition) is 3. The molecule has 0 aliphatic carbocycles. The Balaban J connectivity index is 1.46. The van der Waals surface area contributed by atoms with Crippen LogP contribution in [-0.2, 0) is 6.42 Å². The van der Waals surface area contributed by atoms with Crippen molar-refractivity contribution >= 4 is 46.1 Å². The molecule has 0 aliphatic heterocycles. The molecular weight excluding hydrogens is 608 g/mol. The highest BCUT2D eigenvalue weighted by molar-refractivity contribution is 8.00. The quantitative estimate of drug-likeness (QED) is 0.0553. The van der Waals surface area contributed by atoms with E-state index in [0.717, 1.165) is 12.5 Å². The van der Waals surface area contributed by atoms with Crippen LogP contribution in [0.2, 0.25) is 5.22 Å². The summed E-state index contributed by atoms with van der Waals surface area (Å²) >= 11 is 7.20. The number of Topliss-reactive ketones (excluding diaryl/α,β-unsaturated/α-hetero) is 1. The smallest absolute Gasteiger partial charge is 0.371 e. The highest BCUT2D eigenvalue weighted by Crippen LogP contribution is 2.36. The number of benzene rings is 2. The van der Waals surface area contributed by atoms with Gasteiger partial charge in [-0.25, -0.2) is 4.79 Å². The summed E-state index contributed by atoms with van der Waals surface area (Å²) in [6.07, 6.45) is 9.54. The molecule has 2 aromatic carbocycles. The molecule has 230 valence electrons. The molecule has 2 aromatic heterocycles. The van der Waals surface area contributed by atoms with E-state index < -0.39 is 28.5 Å². The summed E-state index contributed by atoms with van der Waals surface area (Å²) in [4.78, 5) is 36.1. The second kappa shape index (κ2) is 15.0. The molecule has 4 rings (SSSR count). The molecular formula is C33H31ClO9S. The van der Waals surface area contributed by atoms with Crippen LogP contribution < -0.4 is 10.2 Å². The summed E-state index contributed by atoms with van der Waals surface area (Å²) in [5, 5.41) is 30.7. The Hall–Kier alpha value is -4.25. The predicted octanol–water partition coefficient (Wildman–Crippen LogP) is 7.37.